The van der Waals surface area contributed by atoms with Gasteiger partial charge in [-0.2, -0.15) is 0 Å². The highest BCUT2D eigenvalue weighted by atomic mass is 16.8. The number of nitrogens with one attached hydrogen (secondary N) is 1. The Morgan fingerprint density at radius 2 is 0.805 bits per heavy atom. The zero-order valence-corrected chi connectivity index (χ0v) is 53.0. The average molecular weight is 1240 g/mol. The second kappa shape index (κ2) is 49.9. The maximum Gasteiger partial charge on any atom is 0.220 e. The SMILES string of the molecule is CC/C=C\C/C=C\C/C=C\C/C=C\CCCCCCCCCCC(=O)NC(COC1OC(CO)C(OC2OC(CO)C(OC3OC(CO)C(O)C(O)C3O)C(O)C2O)C(O)C1O)C(O)/C=C/CC/C=C/CCCCCCCCCCCCCCCCC. The molecule has 3 fully saturated rings. The first-order valence-corrected chi connectivity index (χ1v) is 33.7. The average Bonchev–Trinajstić information content (AvgIpc) is 2.40. The number of allylic oxidation sites excluding steroid dienone is 11. The first-order valence-electron chi connectivity index (χ1n) is 33.7. The second-order valence-corrected chi connectivity index (χ2v) is 23.9. The summed E-state index contributed by atoms with van der Waals surface area (Å²) in [4.78, 5) is 13.4. The van der Waals surface area contributed by atoms with Crippen LogP contribution in [0.1, 0.15) is 219 Å². The molecule has 0 aromatic heterocycles. The van der Waals surface area contributed by atoms with Crippen molar-refractivity contribution in [1.29, 1.82) is 0 Å². The lowest BCUT2D eigenvalue weighted by molar-refractivity contribution is -0.379. The van der Waals surface area contributed by atoms with E-state index in [2.05, 4.69) is 79.9 Å². The molecule has 19 heteroatoms. The topological polar surface area (TPSA) is 307 Å². The Hall–Kier alpha value is -2.77. The highest BCUT2D eigenvalue weighted by Gasteiger charge is 2.53. The van der Waals surface area contributed by atoms with E-state index in [4.69, 9.17) is 28.4 Å². The van der Waals surface area contributed by atoms with Crippen LogP contribution in [0, 0.1) is 0 Å². The molecule has 504 valence electrons. The number of ether oxygens (including phenoxy) is 6. The first-order chi connectivity index (χ1) is 42.3. The van der Waals surface area contributed by atoms with Crippen molar-refractivity contribution < 1.29 is 89.4 Å². The van der Waals surface area contributed by atoms with Gasteiger partial charge in [-0.05, 0) is 70.6 Å². The van der Waals surface area contributed by atoms with Crippen molar-refractivity contribution in [3.8, 4) is 0 Å². The Morgan fingerprint density at radius 1 is 0.425 bits per heavy atom. The van der Waals surface area contributed by atoms with Gasteiger partial charge in [0, 0.05) is 6.42 Å². The summed E-state index contributed by atoms with van der Waals surface area (Å²) < 4.78 is 34.3. The van der Waals surface area contributed by atoms with Crippen LogP contribution in [0.4, 0.5) is 0 Å². The molecule has 0 radical (unpaired) electrons. The summed E-state index contributed by atoms with van der Waals surface area (Å²) in [5, 5.41) is 120. The lowest BCUT2D eigenvalue weighted by Crippen LogP contribution is -2.66. The molecule has 3 aliphatic rings. The van der Waals surface area contributed by atoms with Crippen molar-refractivity contribution in [2.24, 2.45) is 0 Å². The van der Waals surface area contributed by atoms with E-state index in [1.54, 1.807) is 6.08 Å². The third-order valence-electron chi connectivity index (χ3n) is 16.5. The minimum absolute atomic E-state index is 0.223. The number of rotatable bonds is 50. The first kappa shape index (κ1) is 78.5. The Kier molecular flexibility index (Phi) is 45.0. The normalized spacial score (nSPS) is 29.0. The van der Waals surface area contributed by atoms with Crippen molar-refractivity contribution in [3.05, 3.63) is 72.9 Å². The van der Waals surface area contributed by atoms with Crippen molar-refractivity contribution in [2.45, 2.75) is 324 Å². The third-order valence-corrected chi connectivity index (χ3v) is 16.5. The largest absolute Gasteiger partial charge is 0.394 e. The van der Waals surface area contributed by atoms with Crippen LogP contribution in [0.5, 0.6) is 0 Å². The Balaban J connectivity index is 1.48. The van der Waals surface area contributed by atoms with Gasteiger partial charge >= 0.3 is 0 Å². The molecule has 3 aliphatic heterocycles. The van der Waals surface area contributed by atoms with Crippen LogP contribution >= 0.6 is 0 Å². The third kappa shape index (κ3) is 32.4. The summed E-state index contributed by atoms with van der Waals surface area (Å²) in [6.45, 7) is 1.59. The van der Waals surface area contributed by atoms with Crippen molar-refractivity contribution in [3.63, 3.8) is 0 Å². The van der Waals surface area contributed by atoms with Gasteiger partial charge in [-0.3, -0.25) is 4.79 Å². The van der Waals surface area contributed by atoms with E-state index < -0.39 is 124 Å². The molecule has 17 unspecified atom stereocenters. The van der Waals surface area contributed by atoms with E-state index in [-0.39, 0.29) is 18.9 Å². The van der Waals surface area contributed by atoms with E-state index in [9.17, 15) is 61.0 Å². The van der Waals surface area contributed by atoms with Gasteiger partial charge in [0.1, 0.15) is 73.2 Å². The minimum atomic E-state index is -1.98. The zero-order valence-electron chi connectivity index (χ0n) is 53.0. The monoisotopic (exact) mass is 1240 g/mol. The van der Waals surface area contributed by atoms with Gasteiger partial charge < -0.3 is 89.9 Å². The number of hydrogen-bond acceptors (Lipinski definition) is 18. The molecule has 3 heterocycles. The van der Waals surface area contributed by atoms with Gasteiger partial charge in [-0.15, -0.1) is 0 Å². The maximum atomic E-state index is 13.4. The lowest BCUT2D eigenvalue weighted by Gasteiger charge is -2.48. The van der Waals surface area contributed by atoms with Gasteiger partial charge in [0.15, 0.2) is 18.9 Å². The van der Waals surface area contributed by atoms with E-state index in [0.717, 1.165) is 77.0 Å². The zero-order chi connectivity index (χ0) is 63.3. The fraction of sp³-hybridized carbons (Fsp3) is 0.809. The van der Waals surface area contributed by atoms with Crippen LogP contribution in [-0.4, -0.2) is 193 Å². The molecule has 0 aromatic rings. The number of hydrogen-bond donors (Lipinski definition) is 12. The van der Waals surface area contributed by atoms with Gasteiger partial charge in [0.2, 0.25) is 5.91 Å². The van der Waals surface area contributed by atoms with E-state index in [1.165, 1.54) is 109 Å². The summed E-state index contributed by atoms with van der Waals surface area (Å²) in [5.74, 6) is -0.296. The Labute approximate surface area is 521 Å². The molecule has 0 bridgehead atoms. The van der Waals surface area contributed by atoms with Crippen LogP contribution in [0.2, 0.25) is 0 Å². The molecule has 0 aliphatic carbocycles. The van der Waals surface area contributed by atoms with Gasteiger partial charge in [0.25, 0.3) is 0 Å². The van der Waals surface area contributed by atoms with E-state index in [0.29, 0.717) is 12.8 Å². The molecule has 0 aromatic carbocycles. The highest BCUT2D eigenvalue weighted by molar-refractivity contribution is 5.76. The molecule has 3 rings (SSSR count). The predicted molar refractivity (Wildman–Crippen MR) is 337 cm³/mol. The number of unbranched alkanes of at least 4 members (excludes halogenated alkanes) is 24. The van der Waals surface area contributed by atoms with Gasteiger partial charge in [-0.1, -0.05) is 215 Å². The van der Waals surface area contributed by atoms with E-state index in [1.807, 2.05) is 6.08 Å². The smallest absolute Gasteiger partial charge is 0.220 e. The van der Waals surface area contributed by atoms with Crippen LogP contribution in [0.15, 0.2) is 72.9 Å². The molecule has 0 spiro atoms. The van der Waals surface area contributed by atoms with E-state index >= 15 is 0 Å². The van der Waals surface area contributed by atoms with Gasteiger partial charge in [-0.25, -0.2) is 0 Å². The maximum absolute atomic E-state index is 13.4. The second-order valence-electron chi connectivity index (χ2n) is 23.9. The highest BCUT2D eigenvalue weighted by Crippen LogP contribution is 2.33. The molecular weight excluding hydrogens is 1120 g/mol. The number of amides is 1. The minimum Gasteiger partial charge on any atom is -0.394 e. The number of aliphatic hydroxyl groups excluding tert-OH is 11. The lowest BCUT2D eigenvalue weighted by atomic mass is 9.96. The fourth-order valence-electron chi connectivity index (χ4n) is 11.0. The summed E-state index contributed by atoms with van der Waals surface area (Å²) >= 11 is 0. The summed E-state index contributed by atoms with van der Waals surface area (Å²) in [6, 6.07) is -0.999. The summed E-state index contributed by atoms with van der Waals surface area (Å²) in [6.07, 6.45) is 34.4. The molecule has 87 heavy (non-hydrogen) atoms. The van der Waals surface area contributed by atoms with Crippen LogP contribution in [0.25, 0.3) is 0 Å². The molecule has 1 amide bonds. The number of carbonyl (C=O) groups is 1. The molecule has 12 N–H and O–H groups in total. The standard InChI is InChI=1S/C68H119NO18/c1-3-5-7-9-11-13-15-17-19-21-23-25-27-29-31-33-35-37-39-41-43-45-52(73)51(69-56(74)46-44-42-40-38-36-34-32-30-28-26-24-22-20-18-16-14-12-10-8-6-4-2)50-82-66-62(80)59(77)64(54(48-71)84-66)87-68-63(81)60(78)65(55(49-72)85-68)86-67-61(79)58(76)57(75)53(47-70)83-67/h6,8,12,14,18,20,24,26,35,37,43,45,51-55,57-68,70-73,75-81H,3-5,7,9-11,13,15-17,19,21-23,25,27-34,36,38-42,44,46-50H2,1-2H3,(H,69,74)/b8-6-,14-12-,20-18-,26-24-,37-35+,45-43+. The molecule has 0 saturated carbocycles. The van der Waals surface area contributed by atoms with Crippen LogP contribution < -0.4 is 5.32 Å². The van der Waals surface area contributed by atoms with Crippen molar-refractivity contribution in [2.75, 3.05) is 26.4 Å². The quantitative estimate of drug-likeness (QED) is 0.0202. The van der Waals surface area contributed by atoms with Crippen LogP contribution in [0.3, 0.4) is 0 Å². The summed E-state index contributed by atoms with van der Waals surface area (Å²) in [7, 11) is 0. The number of carbonyl (C=O) groups excluding carboxylic acids is 1. The van der Waals surface area contributed by atoms with Crippen molar-refractivity contribution in [1.82, 2.24) is 5.32 Å². The Bertz CT molecular complexity index is 1860. The summed E-state index contributed by atoms with van der Waals surface area (Å²) in [5.41, 5.74) is 0. The molecule has 3 saturated heterocycles. The number of aliphatic hydroxyl groups is 11. The van der Waals surface area contributed by atoms with Crippen molar-refractivity contribution >= 4 is 5.91 Å². The predicted octanol–water partition coefficient (Wildman–Crippen LogP) is 8.16. The molecule has 17 atom stereocenters. The fourth-order valence-corrected chi connectivity index (χ4v) is 11.0. The van der Waals surface area contributed by atoms with Gasteiger partial charge in [0.05, 0.1) is 38.6 Å². The van der Waals surface area contributed by atoms with Crippen LogP contribution in [-0.2, 0) is 33.2 Å². The molecule has 19 nitrogen and oxygen atoms in total. The molecular formula is C68H119NO18. The Morgan fingerprint density at radius 3 is 1.29 bits per heavy atom.